The summed E-state index contributed by atoms with van der Waals surface area (Å²) in [6, 6.07) is 15.6. The van der Waals surface area contributed by atoms with Gasteiger partial charge in [0.1, 0.15) is 5.75 Å². The molecule has 31 heavy (non-hydrogen) atoms. The van der Waals surface area contributed by atoms with Gasteiger partial charge in [0.2, 0.25) is 0 Å². The van der Waals surface area contributed by atoms with Gasteiger partial charge in [-0.05, 0) is 54.7 Å². The van der Waals surface area contributed by atoms with Crippen LogP contribution in [0, 0.1) is 0 Å². The van der Waals surface area contributed by atoms with Gasteiger partial charge in [0.05, 0.1) is 25.8 Å². The van der Waals surface area contributed by atoms with Crippen molar-refractivity contribution in [1.82, 2.24) is 14.8 Å². The first-order valence-electron chi connectivity index (χ1n) is 10.4. The molecule has 1 aliphatic rings. The van der Waals surface area contributed by atoms with Gasteiger partial charge >= 0.3 is 0 Å². The zero-order valence-corrected chi connectivity index (χ0v) is 19.1. The van der Waals surface area contributed by atoms with Crippen molar-refractivity contribution in [2.24, 2.45) is 5.73 Å². The van der Waals surface area contributed by atoms with E-state index >= 15 is 0 Å². The van der Waals surface area contributed by atoms with E-state index in [9.17, 15) is 0 Å². The molecule has 3 aromatic rings. The van der Waals surface area contributed by atoms with E-state index in [0.717, 1.165) is 59.1 Å². The molecule has 1 saturated heterocycles. The van der Waals surface area contributed by atoms with Gasteiger partial charge < -0.3 is 19.8 Å². The summed E-state index contributed by atoms with van der Waals surface area (Å²) in [6.45, 7) is 1.53. The van der Waals surface area contributed by atoms with Crippen molar-refractivity contribution in [3.05, 3.63) is 70.5 Å². The number of nitrogens with zero attached hydrogens (tertiary/aromatic N) is 3. The van der Waals surface area contributed by atoms with Crippen LogP contribution < -0.4 is 10.5 Å². The minimum Gasteiger partial charge on any atom is -0.497 e. The highest BCUT2D eigenvalue weighted by molar-refractivity contribution is 7.98. The van der Waals surface area contributed by atoms with E-state index in [1.165, 1.54) is 5.56 Å². The monoisotopic (exact) mass is 458 g/mol. The molecule has 0 radical (unpaired) electrons. The summed E-state index contributed by atoms with van der Waals surface area (Å²) in [4.78, 5) is 0. The molecule has 1 aromatic heterocycles. The predicted molar refractivity (Wildman–Crippen MR) is 124 cm³/mol. The minimum atomic E-state index is -0.263. The van der Waals surface area contributed by atoms with Gasteiger partial charge in [0.25, 0.3) is 0 Å². The number of aromatic nitrogens is 3. The number of ether oxygens (including phenoxy) is 2. The molecule has 8 heteroatoms. The summed E-state index contributed by atoms with van der Waals surface area (Å²) in [5, 5.41) is 10.5. The highest BCUT2D eigenvalue weighted by Gasteiger charge is 2.24. The Morgan fingerprint density at radius 1 is 1.23 bits per heavy atom. The Balaban J connectivity index is 1.52. The van der Waals surface area contributed by atoms with E-state index < -0.39 is 0 Å². The van der Waals surface area contributed by atoms with E-state index in [1.807, 2.05) is 42.5 Å². The van der Waals surface area contributed by atoms with E-state index in [-0.39, 0.29) is 12.1 Å². The Kier molecular flexibility index (Phi) is 7.50. The van der Waals surface area contributed by atoms with Crippen molar-refractivity contribution in [2.75, 3.05) is 13.7 Å². The maximum atomic E-state index is 6.58. The normalized spacial score (nSPS) is 17.1. The number of rotatable bonds is 9. The lowest BCUT2D eigenvalue weighted by Gasteiger charge is -2.18. The maximum Gasteiger partial charge on any atom is 0.191 e. The quantitative estimate of drug-likeness (QED) is 0.470. The zero-order valence-electron chi connectivity index (χ0n) is 17.5. The van der Waals surface area contributed by atoms with Crippen LogP contribution >= 0.6 is 23.4 Å². The highest BCUT2D eigenvalue weighted by atomic mass is 35.5. The lowest BCUT2D eigenvalue weighted by molar-refractivity contribution is 0.0938. The second-order valence-electron chi connectivity index (χ2n) is 7.66. The third-order valence-corrected chi connectivity index (χ3v) is 6.65. The molecule has 164 valence electrons. The van der Waals surface area contributed by atoms with Crippen molar-refractivity contribution in [2.45, 2.75) is 48.9 Å². The predicted octanol–water partition coefficient (Wildman–Crippen LogP) is 4.65. The minimum absolute atomic E-state index is 0.175. The third kappa shape index (κ3) is 5.80. The molecule has 2 atom stereocenters. The van der Waals surface area contributed by atoms with Crippen LogP contribution in [0.4, 0.5) is 0 Å². The van der Waals surface area contributed by atoms with Gasteiger partial charge in [-0.25, -0.2) is 0 Å². The standard InChI is InChI=1S/C23H27ClN4O2S/c1-29-19-5-2-4-17(12-19)15-31-23-27-26-22(28(23)14-20-6-3-11-30-20)21(25)13-16-7-9-18(24)10-8-16/h2,4-5,7-10,12,20-21H,3,6,11,13-15,25H2,1H3. The number of hydrogen-bond donors (Lipinski definition) is 1. The van der Waals surface area contributed by atoms with Crippen LogP contribution in [0.25, 0.3) is 0 Å². The van der Waals surface area contributed by atoms with Crippen LogP contribution in [0.1, 0.15) is 35.8 Å². The van der Waals surface area contributed by atoms with Crippen LogP contribution in [0.15, 0.2) is 53.7 Å². The molecule has 0 amide bonds. The van der Waals surface area contributed by atoms with Crippen LogP contribution in [0.2, 0.25) is 5.02 Å². The molecule has 0 saturated carbocycles. The molecule has 2 heterocycles. The van der Waals surface area contributed by atoms with E-state index in [4.69, 9.17) is 26.8 Å². The number of benzene rings is 2. The molecule has 2 unspecified atom stereocenters. The van der Waals surface area contributed by atoms with Crippen LogP contribution in [-0.4, -0.2) is 34.6 Å². The molecule has 2 aromatic carbocycles. The summed E-state index contributed by atoms with van der Waals surface area (Å²) in [5.74, 6) is 2.41. The number of thioether (sulfide) groups is 1. The van der Waals surface area contributed by atoms with Gasteiger partial charge in [-0.15, -0.1) is 10.2 Å². The van der Waals surface area contributed by atoms with Crippen LogP contribution in [0.5, 0.6) is 5.75 Å². The van der Waals surface area contributed by atoms with Crippen molar-refractivity contribution < 1.29 is 9.47 Å². The summed E-state index contributed by atoms with van der Waals surface area (Å²) >= 11 is 7.67. The summed E-state index contributed by atoms with van der Waals surface area (Å²) in [6.07, 6.45) is 2.98. The number of hydrogen-bond acceptors (Lipinski definition) is 6. The fourth-order valence-corrected chi connectivity index (χ4v) is 4.74. The fourth-order valence-electron chi connectivity index (χ4n) is 3.72. The number of nitrogens with two attached hydrogens (primary N) is 1. The molecular weight excluding hydrogens is 432 g/mol. The Hall–Kier alpha value is -2.06. The van der Waals surface area contributed by atoms with E-state index in [2.05, 4.69) is 20.8 Å². The molecule has 4 rings (SSSR count). The lowest BCUT2D eigenvalue weighted by Crippen LogP contribution is -2.23. The van der Waals surface area contributed by atoms with Gasteiger partial charge in [-0.3, -0.25) is 0 Å². The molecule has 1 fully saturated rings. The summed E-state index contributed by atoms with van der Waals surface area (Å²) < 4.78 is 13.4. The van der Waals surface area contributed by atoms with Crippen LogP contribution in [-0.2, 0) is 23.5 Å². The second-order valence-corrected chi connectivity index (χ2v) is 9.04. The maximum absolute atomic E-state index is 6.58. The average molecular weight is 459 g/mol. The van der Waals surface area contributed by atoms with Crippen molar-refractivity contribution in [3.8, 4) is 5.75 Å². The number of methoxy groups -OCH3 is 1. The first kappa shape index (κ1) is 22.1. The first-order valence-corrected chi connectivity index (χ1v) is 11.8. The molecule has 2 N–H and O–H groups in total. The van der Waals surface area contributed by atoms with Crippen molar-refractivity contribution >= 4 is 23.4 Å². The molecule has 6 nitrogen and oxygen atoms in total. The van der Waals surface area contributed by atoms with E-state index in [0.29, 0.717) is 6.42 Å². The Labute approximate surface area is 192 Å². The van der Waals surface area contributed by atoms with Crippen molar-refractivity contribution in [3.63, 3.8) is 0 Å². The smallest absolute Gasteiger partial charge is 0.191 e. The second kappa shape index (κ2) is 10.5. The summed E-state index contributed by atoms with van der Waals surface area (Å²) in [7, 11) is 1.68. The SMILES string of the molecule is COc1cccc(CSc2nnc(C(N)Cc3ccc(Cl)cc3)n2CC2CCCO2)c1. The number of halogens is 1. The average Bonchev–Trinajstić information content (AvgIpc) is 3.44. The van der Waals surface area contributed by atoms with E-state index in [1.54, 1.807) is 18.9 Å². The molecule has 1 aliphatic heterocycles. The van der Waals surface area contributed by atoms with Crippen molar-refractivity contribution in [1.29, 1.82) is 0 Å². The summed E-state index contributed by atoms with van der Waals surface area (Å²) in [5.41, 5.74) is 8.86. The van der Waals surface area contributed by atoms with Gasteiger partial charge in [0.15, 0.2) is 11.0 Å². The Bertz CT molecular complexity index is 989. The fraction of sp³-hybridized carbons (Fsp3) is 0.391. The molecule has 0 spiro atoms. The molecule has 0 bridgehead atoms. The largest absolute Gasteiger partial charge is 0.497 e. The molecular formula is C23H27ClN4O2S. The molecule has 0 aliphatic carbocycles. The highest BCUT2D eigenvalue weighted by Crippen LogP contribution is 2.28. The third-order valence-electron chi connectivity index (χ3n) is 5.36. The lowest BCUT2D eigenvalue weighted by atomic mass is 10.1. The van der Waals surface area contributed by atoms with Gasteiger partial charge in [-0.2, -0.15) is 0 Å². The Morgan fingerprint density at radius 2 is 2.06 bits per heavy atom. The van der Waals surface area contributed by atoms with Gasteiger partial charge in [0, 0.05) is 17.4 Å². The topological polar surface area (TPSA) is 75.2 Å². The van der Waals surface area contributed by atoms with Gasteiger partial charge in [-0.1, -0.05) is 47.6 Å². The Morgan fingerprint density at radius 3 is 2.81 bits per heavy atom. The van der Waals surface area contributed by atoms with Crippen LogP contribution in [0.3, 0.4) is 0 Å². The first-order chi connectivity index (χ1) is 15.1. The zero-order chi connectivity index (χ0) is 21.6.